The zero-order chi connectivity index (χ0) is 23.7. The summed E-state index contributed by atoms with van der Waals surface area (Å²) in [5, 5.41) is 13.1. The molecule has 0 unspecified atom stereocenters. The number of fused-ring (bicyclic) bond motifs is 1. The van der Waals surface area contributed by atoms with Crippen molar-refractivity contribution in [3.63, 3.8) is 0 Å². The number of benzene rings is 1. The van der Waals surface area contributed by atoms with Gasteiger partial charge in [0.1, 0.15) is 17.3 Å². The van der Waals surface area contributed by atoms with E-state index < -0.39 is 29.6 Å². The third-order valence-corrected chi connectivity index (χ3v) is 6.35. The number of imidazole rings is 2. The van der Waals surface area contributed by atoms with Crippen molar-refractivity contribution in [1.82, 2.24) is 13.7 Å². The Balaban J connectivity index is 2.00. The lowest BCUT2D eigenvalue weighted by atomic mass is 9.84. The van der Waals surface area contributed by atoms with Gasteiger partial charge in [0.2, 0.25) is 0 Å². The summed E-state index contributed by atoms with van der Waals surface area (Å²) in [4.78, 5) is 38.4. The minimum absolute atomic E-state index is 0.207. The second kappa shape index (κ2) is 6.98. The van der Waals surface area contributed by atoms with Crippen molar-refractivity contribution in [2.24, 2.45) is 27.1 Å². The summed E-state index contributed by atoms with van der Waals surface area (Å²) < 4.78 is 16.1. The van der Waals surface area contributed by atoms with E-state index in [0.29, 0.717) is 28.0 Å². The van der Waals surface area contributed by atoms with Gasteiger partial charge in [-0.15, -0.1) is 0 Å². The molecule has 0 spiro atoms. The molecule has 1 fully saturated rings. The molecule has 10 heteroatoms. The van der Waals surface area contributed by atoms with E-state index in [4.69, 9.17) is 9.47 Å². The Bertz CT molecular complexity index is 1300. The molecule has 0 amide bonds. The van der Waals surface area contributed by atoms with Crippen LogP contribution in [0.1, 0.15) is 42.5 Å². The van der Waals surface area contributed by atoms with Gasteiger partial charge in [-0.2, -0.15) is 0 Å². The lowest BCUT2D eigenvalue weighted by Gasteiger charge is -2.35. The van der Waals surface area contributed by atoms with Crippen molar-refractivity contribution in [2.45, 2.75) is 39.4 Å². The molecule has 10 nitrogen and oxygen atoms in total. The Morgan fingerprint density at radius 2 is 1.53 bits per heavy atom. The summed E-state index contributed by atoms with van der Waals surface area (Å²) in [6, 6.07) is 5.17. The SMILES string of the molecule is Cc1c(C)[n+]([O-])c([C@H](c2ccc3c(c2)n(C)c(=O)n3C)C2C(=O)OC(C)(C)OC2=O)n1C. The van der Waals surface area contributed by atoms with Crippen molar-refractivity contribution in [3.8, 4) is 0 Å². The van der Waals surface area contributed by atoms with Crippen LogP contribution in [0.2, 0.25) is 0 Å². The van der Waals surface area contributed by atoms with Crippen molar-refractivity contribution in [1.29, 1.82) is 0 Å². The number of carbonyl (C=O) groups excluding carboxylic acids is 2. The maximum atomic E-state index is 13.1. The summed E-state index contributed by atoms with van der Waals surface area (Å²) in [6.07, 6.45) is 0. The summed E-state index contributed by atoms with van der Waals surface area (Å²) in [6.45, 7) is 6.41. The molecule has 1 atom stereocenters. The minimum Gasteiger partial charge on any atom is -0.711 e. The fraction of sp³-hybridized carbons (Fsp3) is 0.455. The van der Waals surface area contributed by atoms with Crippen molar-refractivity contribution < 1.29 is 23.8 Å². The topological polar surface area (TPSA) is 111 Å². The van der Waals surface area contributed by atoms with Gasteiger partial charge in [-0.1, -0.05) is 6.07 Å². The van der Waals surface area contributed by atoms with E-state index in [0.717, 1.165) is 4.73 Å². The second-order valence-electron chi connectivity index (χ2n) is 8.73. The van der Waals surface area contributed by atoms with Crippen molar-refractivity contribution >= 4 is 23.0 Å². The number of esters is 2. The van der Waals surface area contributed by atoms with Crippen molar-refractivity contribution in [3.05, 3.63) is 56.7 Å². The van der Waals surface area contributed by atoms with E-state index in [1.807, 2.05) is 0 Å². The summed E-state index contributed by atoms with van der Waals surface area (Å²) in [7, 11) is 5.01. The molecule has 1 aliphatic rings. The fourth-order valence-electron chi connectivity index (χ4n) is 4.41. The van der Waals surface area contributed by atoms with Crippen LogP contribution in [0.15, 0.2) is 23.0 Å². The van der Waals surface area contributed by atoms with Crippen LogP contribution in [-0.4, -0.2) is 31.4 Å². The number of hydrogen-bond acceptors (Lipinski definition) is 6. The molecule has 0 radical (unpaired) electrons. The monoisotopic (exact) mass is 442 g/mol. The molecular formula is C22H26N4O6. The van der Waals surface area contributed by atoms with Crippen LogP contribution in [0.4, 0.5) is 0 Å². The lowest BCUT2D eigenvalue weighted by Crippen LogP contribution is -2.50. The van der Waals surface area contributed by atoms with E-state index >= 15 is 0 Å². The van der Waals surface area contributed by atoms with E-state index in [-0.39, 0.29) is 11.5 Å². The van der Waals surface area contributed by atoms with Gasteiger partial charge in [0, 0.05) is 41.8 Å². The molecule has 3 aromatic rings. The van der Waals surface area contributed by atoms with E-state index in [2.05, 4.69) is 0 Å². The van der Waals surface area contributed by atoms with Gasteiger partial charge < -0.3 is 14.7 Å². The number of aryl methyl sites for hydroxylation is 2. The molecular weight excluding hydrogens is 416 g/mol. The van der Waals surface area contributed by atoms with Crippen LogP contribution < -0.4 is 10.4 Å². The average molecular weight is 442 g/mol. The third kappa shape index (κ3) is 3.01. The Morgan fingerprint density at radius 3 is 2.06 bits per heavy atom. The van der Waals surface area contributed by atoms with Crippen LogP contribution in [0, 0.1) is 25.0 Å². The van der Waals surface area contributed by atoms with Gasteiger partial charge in [-0.3, -0.25) is 18.7 Å². The van der Waals surface area contributed by atoms with Gasteiger partial charge >= 0.3 is 17.6 Å². The highest BCUT2D eigenvalue weighted by molar-refractivity contribution is 5.98. The first-order chi connectivity index (χ1) is 14.9. The predicted molar refractivity (Wildman–Crippen MR) is 114 cm³/mol. The number of ether oxygens (including phenoxy) is 2. The molecule has 170 valence electrons. The predicted octanol–water partition coefficient (Wildman–Crippen LogP) is 1.05. The highest BCUT2D eigenvalue weighted by Crippen LogP contribution is 2.38. The Kier molecular flexibility index (Phi) is 4.72. The number of rotatable bonds is 3. The molecule has 4 rings (SSSR count). The van der Waals surface area contributed by atoms with Gasteiger partial charge in [0.25, 0.3) is 11.6 Å². The summed E-state index contributed by atoms with van der Waals surface area (Å²) in [5.41, 5.74) is 2.76. The van der Waals surface area contributed by atoms with Crippen LogP contribution in [0.3, 0.4) is 0 Å². The van der Waals surface area contributed by atoms with Crippen LogP contribution in [0.5, 0.6) is 0 Å². The van der Waals surface area contributed by atoms with E-state index in [1.54, 1.807) is 57.8 Å². The quantitative estimate of drug-likeness (QED) is 0.259. The molecule has 2 aromatic heterocycles. The first-order valence-electron chi connectivity index (χ1n) is 10.2. The molecule has 3 heterocycles. The minimum atomic E-state index is -1.39. The third-order valence-electron chi connectivity index (χ3n) is 6.35. The normalized spacial score (nSPS) is 17.5. The molecule has 1 aliphatic heterocycles. The van der Waals surface area contributed by atoms with Gasteiger partial charge in [-0.05, 0) is 17.7 Å². The summed E-state index contributed by atoms with van der Waals surface area (Å²) in [5.74, 6) is -5.09. The first kappa shape index (κ1) is 21.7. The summed E-state index contributed by atoms with van der Waals surface area (Å²) >= 11 is 0. The van der Waals surface area contributed by atoms with Crippen LogP contribution >= 0.6 is 0 Å². The molecule has 1 saturated heterocycles. The van der Waals surface area contributed by atoms with Gasteiger partial charge in [0.15, 0.2) is 5.92 Å². The maximum Gasteiger partial charge on any atom is 0.328 e. The van der Waals surface area contributed by atoms with Crippen LogP contribution in [0.25, 0.3) is 11.0 Å². The molecule has 0 saturated carbocycles. The number of cyclic esters (lactones) is 2. The number of carbonyl (C=O) groups is 2. The smallest absolute Gasteiger partial charge is 0.328 e. The zero-order valence-corrected chi connectivity index (χ0v) is 19.1. The van der Waals surface area contributed by atoms with E-state index in [9.17, 15) is 19.6 Å². The molecule has 0 N–H and O–H groups in total. The number of aromatic nitrogens is 4. The lowest BCUT2D eigenvalue weighted by molar-refractivity contribution is -0.621. The zero-order valence-electron chi connectivity index (χ0n) is 19.1. The Labute approximate surface area is 184 Å². The number of hydrogen-bond donors (Lipinski definition) is 0. The van der Waals surface area contributed by atoms with Crippen LogP contribution in [-0.2, 0) is 40.2 Å². The molecule has 0 bridgehead atoms. The second-order valence-corrected chi connectivity index (χ2v) is 8.73. The molecule has 32 heavy (non-hydrogen) atoms. The van der Waals surface area contributed by atoms with Gasteiger partial charge in [0.05, 0.1) is 18.1 Å². The Hall–Kier alpha value is -3.56. The standard InChI is InChI=1S/C22H26N4O6/c1-11-12(2)26(30)18(23(11)5)16(17-19(27)31-22(3,4)32-20(17)28)13-8-9-14-15(10-13)25(7)21(29)24(14)6/h8-10,16-17H,1-7H3/t16-/m1/s1. The maximum absolute atomic E-state index is 13.1. The van der Waals surface area contributed by atoms with Gasteiger partial charge in [-0.25, -0.2) is 14.1 Å². The fourth-order valence-corrected chi connectivity index (χ4v) is 4.41. The molecule has 1 aromatic carbocycles. The first-order valence-corrected chi connectivity index (χ1v) is 10.2. The Morgan fingerprint density at radius 1 is 0.969 bits per heavy atom. The highest BCUT2D eigenvalue weighted by atomic mass is 16.7. The highest BCUT2D eigenvalue weighted by Gasteiger charge is 2.51. The van der Waals surface area contributed by atoms with E-state index in [1.165, 1.54) is 23.0 Å². The largest absolute Gasteiger partial charge is 0.711 e. The molecule has 0 aliphatic carbocycles. The van der Waals surface area contributed by atoms with Crippen molar-refractivity contribution in [2.75, 3.05) is 0 Å². The number of nitrogens with zero attached hydrogens (tertiary/aromatic N) is 4. The average Bonchev–Trinajstić information content (AvgIpc) is 3.04.